The summed E-state index contributed by atoms with van der Waals surface area (Å²) in [5.41, 5.74) is 3.12. The summed E-state index contributed by atoms with van der Waals surface area (Å²) >= 11 is 0. The Kier molecular flexibility index (Phi) is 5.30. The summed E-state index contributed by atoms with van der Waals surface area (Å²) in [5.74, 6) is 1.80. The molecule has 0 N–H and O–H groups in total. The Morgan fingerprint density at radius 2 is 2.00 bits per heavy atom. The molecule has 4 rings (SSSR count). The van der Waals surface area contributed by atoms with Gasteiger partial charge in [0.2, 0.25) is 0 Å². The van der Waals surface area contributed by atoms with Crippen molar-refractivity contribution in [3.8, 4) is 0 Å². The van der Waals surface area contributed by atoms with E-state index in [1.165, 1.54) is 11.5 Å². The predicted molar refractivity (Wildman–Crippen MR) is 105 cm³/mol. The molecule has 2 fully saturated rings. The first kappa shape index (κ1) is 18.2. The Morgan fingerprint density at radius 3 is 2.78 bits per heavy atom. The van der Waals surface area contributed by atoms with E-state index < -0.39 is 0 Å². The minimum Gasteiger partial charge on any atom is -0.381 e. The molecular weight excluding hydrogens is 338 g/mol. The number of likely N-dealkylation sites (tertiary alicyclic amines) is 1. The molecule has 1 aromatic carbocycles. The van der Waals surface area contributed by atoms with Crippen molar-refractivity contribution in [1.29, 1.82) is 0 Å². The van der Waals surface area contributed by atoms with Crippen LogP contribution in [0.4, 0.5) is 0 Å². The topological polar surface area (TPSA) is 47.4 Å². The van der Waals surface area contributed by atoms with Crippen LogP contribution in [0, 0.1) is 13.8 Å². The second kappa shape index (κ2) is 7.85. The first-order valence-electron chi connectivity index (χ1n) is 10.1. The Bertz CT molecular complexity index is 808. The van der Waals surface area contributed by atoms with Crippen LogP contribution in [-0.2, 0) is 4.74 Å². The van der Waals surface area contributed by atoms with Gasteiger partial charge < -0.3 is 14.2 Å². The van der Waals surface area contributed by atoms with Crippen LogP contribution in [0.15, 0.2) is 30.5 Å². The lowest BCUT2D eigenvalue weighted by molar-refractivity contribution is 0.0666. The molecule has 5 heteroatoms. The summed E-state index contributed by atoms with van der Waals surface area (Å²) in [6.07, 6.45) is 6.20. The number of hydrogen-bond donors (Lipinski definition) is 0. The van der Waals surface area contributed by atoms with Crippen molar-refractivity contribution >= 4 is 5.91 Å². The average Bonchev–Trinajstić information content (AvgIpc) is 3.09. The predicted octanol–water partition coefficient (Wildman–Crippen LogP) is 3.87. The molecule has 0 bridgehead atoms. The monoisotopic (exact) mass is 367 g/mol. The summed E-state index contributed by atoms with van der Waals surface area (Å²) in [7, 11) is 0. The molecule has 27 heavy (non-hydrogen) atoms. The van der Waals surface area contributed by atoms with E-state index in [0.29, 0.717) is 12.0 Å². The molecular formula is C22H29N3O2. The number of benzene rings is 1. The second-order valence-electron chi connectivity index (χ2n) is 7.93. The fourth-order valence-electron chi connectivity index (χ4n) is 4.51. The molecule has 2 saturated heterocycles. The molecule has 3 heterocycles. The highest BCUT2D eigenvalue weighted by Gasteiger charge is 2.30. The SMILES string of the molecule is Cc1cccc(C(=O)N2CCCC(n3c(C)cnc3C3CCOCC3)C2)c1. The fourth-order valence-corrected chi connectivity index (χ4v) is 4.51. The van der Waals surface area contributed by atoms with E-state index in [0.717, 1.165) is 63.1 Å². The van der Waals surface area contributed by atoms with Gasteiger partial charge in [-0.3, -0.25) is 4.79 Å². The van der Waals surface area contributed by atoms with Gasteiger partial charge in [-0.25, -0.2) is 4.98 Å². The Morgan fingerprint density at radius 1 is 1.19 bits per heavy atom. The van der Waals surface area contributed by atoms with E-state index in [2.05, 4.69) is 11.5 Å². The minimum atomic E-state index is 0.147. The van der Waals surface area contributed by atoms with Crippen LogP contribution in [0.2, 0.25) is 0 Å². The normalized spacial score (nSPS) is 21.4. The maximum absolute atomic E-state index is 13.0. The number of carbonyl (C=O) groups is 1. The first-order chi connectivity index (χ1) is 13.1. The van der Waals surface area contributed by atoms with Crippen molar-refractivity contribution < 1.29 is 9.53 Å². The molecule has 1 atom stereocenters. The number of ether oxygens (including phenoxy) is 1. The van der Waals surface area contributed by atoms with Crippen molar-refractivity contribution in [2.45, 2.75) is 51.5 Å². The molecule has 2 aromatic rings. The number of rotatable bonds is 3. The van der Waals surface area contributed by atoms with Crippen molar-refractivity contribution in [3.05, 3.63) is 53.1 Å². The van der Waals surface area contributed by atoms with Crippen LogP contribution < -0.4 is 0 Å². The first-order valence-corrected chi connectivity index (χ1v) is 10.1. The Hall–Kier alpha value is -2.14. The number of nitrogens with zero attached hydrogens (tertiary/aromatic N) is 3. The van der Waals surface area contributed by atoms with E-state index in [4.69, 9.17) is 9.72 Å². The summed E-state index contributed by atoms with van der Waals surface area (Å²) in [6, 6.07) is 8.22. The van der Waals surface area contributed by atoms with Crippen molar-refractivity contribution in [2.24, 2.45) is 0 Å². The molecule has 0 spiro atoms. The zero-order valence-electron chi connectivity index (χ0n) is 16.4. The van der Waals surface area contributed by atoms with Gasteiger partial charge in [0.15, 0.2) is 0 Å². The van der Waals surface area contributed by atoms with Gasteiger partial charge in [0, 0.05) is 49.7 Å². The van der Waals surface area contributed by atoms with Crippen LogP contribution in [-0.4, -0.2) is 46.7 Å². The molecule has 1 aromatic heterocycles. The zero-order chi connectivity index (χ0) is 18.8. The molecule has 1 unspecified atom stereocenters. The standard InChI is InChI=1S/C22H29N3O2/c1-16-5-3-6-19(13-16)22(26)24-10-4-7-20(15-24)25-17(2)14-23-21(25)18-8-11-27-12-9-18/h3,5-6,13-14,18,20H,4,7-12,15H2,1-2H3. The smallest absolute Gasteiger partial charge is 0.253 e. The molecule has 2 aliphatic heterocycles. The maximum atomic E-state index is 13.0. The fraction of sp³-hybridized carbons (Fsp3) is 0.545. The third-order valence-electron chi connectivity index (χ3n) is 5.91. The summed E-state index contributed by atoms with van der Waals surface area (Å²) in [6.45, 7) is 7.41. The molecule has 144 valence electrons. The van der Waals surface area contributed by atoms with Gasteiger partial charge in [-0.05, 0) is 51.7 Å². The number of aromatic nitrogens is 2. The summed E-state index contributed by atoms with van der Waals surface area (Å²) < 4.78 is 7.94. The summed E-state index contributed by atoms with van der Waals surface area (Å²) in [5, 5.41) is 0. The highest BCUT2D eigenvalue weighted by molar-refractivity contribution is 5.94. The number of imidazole rings is 1. The quantitative estimate of drug-likeness (QED) is 0.827. The average molecular weight is 367 g/mol. The van der Waals surface area contributed by atoms with Gasteiger partial charge in [0.05, 0.1) is 6.04 Å². The van der Waals surface area contributed by atoms with Crippen LogP contribution in [0.1, 0.15) is 65.1 Å². The van der Waals surface area contributed by atoms with Crippen LogP contribution in [0.25, 0.3) is 0 Å². The van der Waals surface area contributed by atoms with Crippen LogP contribution in [0.5, 0.6) is 0 Å². The second-order valence-corrected chi connectivity index (χ2v) is 7.93. The van der Waals surface area contributed by atoms with E-state index in [1.54, 1.807) is 0 Å². The molecule has 0 radical (unpaired) electrons. The third-order valence-corrected chi connectivity index (χ3v) is 5.91. The van der Waals surface area contributed by atoms with Crippen LogP contribution >= 0.6 is 0 Å². The van der Waals surface area contributed by atoms with Gasteiger partial charge in [-0.1, -0.05) is 17.7 Å². The number of aryl methyl sites for hydroxylation is 2. The molecule has 2 aliphatic rings. The lowest BCUT2D eigenvalue weighted by atomic mass is 9.97. The van der Waals surface area contributed by atoms with E-state index >= 15 is 0 Å². The minimum absolute atomic E-state index is 0.147. The van der Waals surface area contributed by atoms with Gasteiger partial charge in [0.1, 0.15) is 5.82 Å². The van der Waals surface area contributed by atoms with Crippen LogP contribution in [0.3, 0.4) is 0 Å². The number of piperidine rings is 1. The number of carbonyl (C=O) groups excluding carboxylic acids is 1. The largest absolute Gasteiger partial charge is 0.381 e. The summed E-state index contributed by atoms with van der Waals surface area (Å²) in [4.78, 5) is 19.8. The van der Waals surface area contributed by atoms with Crippen molar-refractivity contribution in [1.82, 2.24) is 14.5 Å². The van der Waals surface area contributed by atoms with Gasteiger partial charge in [0.25, 0.3) is 5.91 Å². The number of amides is 1. The molecule has 0 aliphatic carbocycles. The highest BCUT2D eigenvalue weighted by Crippen LogP contribution is 2.32. The zero-order valence-corrected chi connectivity index (χ0v) is 16.4. The van der Waals surface area contributed by atoms with Crippen molar-refractivity contribution in [3.63, 3.8) is 0 Å². The molecule has 0 saturated carbocycles. The van der Waals surface area contributed by atoms with Gasteiger partial charge >= 0.3 is 0 Å². The van der Waals surface area contributed by atoms with Gasteiger partial charge in [-0.2, -0.15) is 0 Å². The maximum Gasteiger partial charge on any atom is 0.253 e. The van der Waals surface area contributed by atoms with E-state index in [9.17, 15) is 4.79 Å². The Labute approximate surface area is 161 Å². The highest BCUT2D eigenvalue weighted by atomic mass is 16.5. The van der Waals surface area contributed by atoms with E-state index in [1.807, 2.05) is 42.3 Å². The third kappa shape index (κ3) is 3.79. The molecule has 1 amide bonds. The van der Waals surface area contributed by atoms with Crippen molar-refractivity contribution in [2.75, 3.05) is 26.3 Å². The lowest BCUT2D eigenvalue weighted by Gasteiger charge is -2.36. The Balaban J connectivity index is 1.55. The molecule has 5 nitrogen and oxygen atoms in total. The number of hydrogen-bond acceptors (Lipinski definition) is 3. The van der Waals surface area contributed by atoms with Gasteiger partial charge in [-0.15, -0.1) is 0 Å². The lowest BCUT2D eigenvalue weighted by Crippen LogP contribution is -2.41. The van der Waals surface area contributed by atoms with E-state index in [-0.39, 0.29) is 5.91 Å².